The van der Waals surface area contributed by atoms with Gasteiger partial charge in [-0.2, -0.15) is 0 Å². The van der Waals surface area contributed by atoms with Gasteiger partial charge in [-0.3, -0.25) is 4.79 Å². The van der Waals surface area contributed by atoms with Crippen LogP contribution in [0.5, 0.6) is 5.88 Å². The number of fused-ring (bicyclic) bond motifs is 1. The lowest BCUT2D eigenvalue weighted by Gasteiger charge is -2.17. The number of carboxylic acid groups (broad SMARTS) is 1. The van der Waals surface area contributed by atoms with Gasteiger partial charge in [-0.1, -0.05) is 36.4 Å². The second-order valence-electron chi connectivity index (χ2n) is 7.40. The molecule has 7 heteroatoms. The van der Waals surface area contributed by atoms with Crippen LogP contribution in [0.3, 0.4) is 0 Å². The van der Waals surface area contributed by atoms with Crippen LogP contribution in [0.4, 0.5) is 5.82 Å². The second-order valence-corrected chi connectivity index (χ2v) is 7.40. The zero-order chi connectivity index (χ0) is 20.8. The van der Waals surface area contributed by atoms with E-state index in [9.17, 15) is 4.79 Å². The van der Waals surface area contributed by atoms with Crippen LogP contribution in [0.15, 0.2) is 53.1 Å². The van der Waals surface area contributed by atoms with Crippen LogP contribution in [0.25, 0.3) is 0 Å². The summed E-state index contributed by atoms with van der Waals surface area (Å²) in [4.78, 5) is 15.7. The summed E-state index contributed by atoms with van der Waals surface area (Å²) in [5.41, 5.74) is 3.23. The molecule has 0 fully saturated rings. The van der Waals surface area contributed by atoms with E-state index in [1.54, 1.807) is 6.07 Å². The average molecular weight is 407 g/mol. The van der Waals surface area contributed by atoms with Crippen molar-refractivity contribution in [2.24, 2.45) is 0 Å². The van der Waals surface area contributed by atoms with Crippen LogP contribution in [-0.2, 0) is 17.6 Å². The lowest BCUT2D eigenvalue weighted by Crippen LogP contribution is -2.14. The number of nitrogens with zero attached hydrogens (tertiary/aromatic N) is 2. The van der Waals surface area contributed by atoms with Crippen LogP contribution >= 0.6 is 0 Å². The van der Waals surface area contributed by atoms with Crippen molar-refractivity contribution in [1.82, 2.24) is 10.1 Å². The summed E-state index contributed by atoms with van der Waals surface area (Å²) in [6.45, 7) is 1.40. The molecule has 0 amide bonds. The lowest BCUT2D eigenvalue weighted by molar-refractivity contribution is -0.137. The molecule has 2 N–H and O–H groups in total. The van der Waals surface area contributed by atoms with E-state index in [1.165, 1.54) is 5.56 Å². The summed E-state index contributed by atoms with van der Waals surface area (Å²) < 4.78 is 11.3. The van der Waals surface area contributed by atoms with Crippen LogP contribution in [0.2, 0.25) is 0 Å². The van der Waals surface area contributed by atoms with Crippen molar-refractivity contribution in [3.63, 3.8) is 0 Å². The number of aromatic nitrogens is 2. The monoisotopic (exact) mass is 407 g/mol. The maximum absolute atomic E-state index is 11.1. The quantitative estimate of drug-likeness (QED) is 0.552. The minimum absolute atomic E-state index is 0.0501. The first kappa shape index (κ1) is 19.9. The van der Waals surface area contributed by atoms with Gasteiger partial charge in [-0.05, 0) is 41.6 Å². The molecule has 0 saturated carbocycles. The Morgan fingerprint density at radius 2 is 2.10 bits per heavy atom. The number of hydrogen-bond acceptors (Lipinski definition) is 6. The topological polar surface area (TPSA) is 97.5 Å². The van der Waals surface area contributed by atoms with E-state index in [0.717, 1.165) is 36.5 Å². The number of pyridine rings is 1. The normalized spacial score (nSPS) is 13.9. The minimum atomic E-state index is -0.834. The highest BCUT2D eigenvalue weighted by Gasteiger charge is 2.21. The Labute approximate surface area is 175 Å². The van der Waals surface area contributed by atoms with Crippen molar-refractivity contribution in [2.75, 3.05) is 18.5 Å². The molecule has 30 heavy (non-hydrogen) atoms. The molecule has 2 aromatic heterocycles. The Hall–Kier alpha value is -3.35. The van der Waals surface area contributed by atoms with Gasteiger partial charge >= 0.3 is 5.97 Å². The Bertz CT molecular complexity index is 987. The van der Waals surface area contributed by atoms with Gasteiger partial charge in [-0.25, -0.2) is 4.98 Å². The zero-order valence-corrected chi connectivity index (χ0v) is 16.7. The third-order valence-corrected chi connectivity index (χ3v) is 5.26. The van der Waals surface area contributed by atoms with Crippen LogP contribution < -0.4 is 10.1 Å². The van der Waals surface area contributed by atoms with Gasteiger partial charge in [0, 0.05) is 37.1 Å². The first-order valence-corrected chi connectivity index (χ1v) is 10.3. The van der Waals surface area contributed by atoms with Gasteiger partial charge in [0.1, 0.15) is 11.6 Å². The predicted octanol–water partition coefficient (Wildman–Crippen LogP) is 4.05. The predicted molar refractivity (Wildman–Crippen MR) is 112 cm³/mol. The lowest BCUT2D eigenvalue weighted by atomic mass is 9.92. The molecule has 4 rings (SSSR count). The molecule has 1 aliphatic rings. The molecule has 3 aromatic rings. The highest BCUT2D eigenvalue weighted by molar-refractivity contribution is 5.66. The van der Waals surface area contributed by atoms with E-state index in [-0.39, 0.29) is 12.3 Å². The smallest absolute Gasteiger partial charge is 0.303 e. The molecule has 0 aliphatic carbocycles. The fraction of sp³-hybridized carbons (Fsp3) is 0.348. The molecule has 0 spiro atoms. The van der Waals surface area contributed by atoms with Crippen molar-refractivity contribution >= 4 is 11.8 Å². The molecule has 1 aliphatic heterocycles. The average Bonchev–Trinajstić information content (AvgIpc) is 3.23. The van der Waals surface area contributed by atoms with E-state index in [4.69, 9.17) is 14.4 Å². The maximum atomic E-state index is 11.1. The highest BCUT2D eigenvalue weighted by atomic mass is 16.5. The number of carboxylic acids is 1. The van der Waals surface area contributed by atoms with Crippen molar-refractivity contribution in [2.45, 2.75) is 38.0 Å². The van der Waals surface area contributed by atoms with E-state index in [1.807, 2.05) is 36.4 Å². The third kappa shape index (κ3) is 4.97. The Balaban J connectivity index is 1.38. The number of aliphatic carboxylic acids is 1. The van der Waals surface area contributed by atoms with Crippen molar-refractivity contribution in [3.05, 3.63) is 71.1 Å². The fourth-order valence-electron chi connectivity index (χ4n) is 3.70. The van der Waals surface area contributed by atoms with Gasteiger partial charge in [0.25, 0.3) is 5.88 Å². The fourth-order valence-corrected chi connectivity index (χ4v) is 3.70. The molecule has 1 unspecified atom stereocenters. The molecule has 1 atom stereocenters. The van der Waals surface area contributed by atoms with Gasteiger partial charge < -0.3 is 19.7 Å². The van der Waals surface area contributed by atoms with E-state index in [0.29, 0.717) is 31.1 Å². The Kier molecular flexibility index (Phi) is 6.27. The summed E-state index contributed by atoms with van der Waals surface area (Å²) in [5, 5.41) is 16.4. The highest BCUT2D eigenvalue weighted by Crippen LogP contribution is 2.31. The molecule has 1 aromatic carbocycles. The first-order chi connectivity index (χ1) is 14.7. The molecule has 3 heterocycles. The molecule has 0 saturated heterocycles. The molecule has 0 radical (unpaired) electrons. The zero-order valence-electron chi connectivity index (χ0n) is 16.7. The summed E-state index contributed by atoms with van der Waals surface area (Å²) in [7, 11) is 0. The van der Waals surface area contributed by atoms with Crippen molar-refractivity contribution < 1.29 is 19.2 Å². The van der Waals surface area contributed by atoms with Crippen molar-refractivity contribution in [1.29, 1.82) is 0 Å². The summed E-state index contributed by atoms with van der Waals surface area (Å²) in [6, 6.07) is 15.6. The van der Waals surface area contributed by atoms with E-state index >= 15 is 0 Å². The van der Waals surface area contributed by atoms with Gasteiger partial charge in [0.15, 0.2) is 0 Å². The molecular formula is C23H25N3O4. The van der Waals surface area contributed by atoms with Gasteiger partial charge in [0.05, 0.1) is 6.61 Å². The maximum Gasteiger partial charge on any atom is 0.303 e. The van der Waals surface area contributed by atoms with Crippen molar-refractivity contribution in [3.8, 4) is 5.88 Å². The van der Waals surface area contributed by atoms with E-state index in [2.05, 4.69) is 21.5 Å². The summed E-state index contributed by atoms with van der Waals surface area (Å²) in [6.07, 6.45) is 3.35. The number of hydrogen-bond donors (Lipinski definition) is 2. The molecular weight excluding hydrogens is 382 g/mol. The van der Waals surface area contributed by atoms with Gasteiger partial charge in [0.2, 0.25) is 0 Å². The summed E-state index contributed by atoms with van der Waals surface area (Å²) in [5.74, 6) is 0.969. The molecule has 0 bridgehead atoms. The third-order valence-electron chi connectivity index (χ3n) is 5.26. The Morgan fingerprint density at radius 3 is 2.93 bits per heavy atom. The molecule has 156 valence electrons. The SMILES string of the molecule is O=C(O)CCC(c1ccccc1)c1cc(OCCc2ccc3c(n2)NCCC3)no1. The van der Waals surface area contributed by atoms with Crippen LogP contribution in [0.1, 0.15) is 47.8 Å². The number of rotatable bonds is 9. The van der Waals surface area contributed by atoms with Crippen LogP contribution in [0, 0.1) is 0 Å². The van der Waals surface area contributed by atoms with Gasteiger partial charge in [-0.15, -0.1) is 0 Å². The molecule has 7 nitrogen and oxygen atoms in total. The largest absolute Gasteiger partial charge is 0.481 e. The second kappa shape index (κ2) is 9.43. The first-order valence-electron chi connectivity index (χ1n) is 10.3. The number of benzene rings is 1. The number of aryl methyl sites for hydroxylation is 1. The summed E-state index contributed by atoms with van der Waals surface area (Å²) >= 11 is 0. The number of ether oxygens (including phenoxy) is 1. The standard InChI is InChI=1S/C23H25N3O4/c27-22(28)11-10-19(16-5-2-1-3-6-16)20-15-21(26-30-20)29-14-12-18-9-8-17-7-4-13-24-23(17)25-18/h1-3,5-6,8-9,15,19H,4,7,10-14H2,(H,24,25)(H,27,28). The van der Waals surface area contributed by atoms with Crippen LogP contribution in [-0.4, -0.2) is 34.4 Å². The number of carbonyl (C=O) groups is 1. The van der Waals surface area contributed by atoms with E-state index < -0.39 is 5.97 Å². The number of nitrogens with one attached hydrogen (secondary N) is 1. The Morgan fingerprint density at radius 1 is 1.23 bits per heavy atom. The minimum Gasteiger partial charge on any atom is -0.481 e. The number of anilines is 1.